The standard InChI is InChI=1S/C28H48FN5O/c1-19-10-11-25(29)28(20-6-3-2-4-7-20)15-24(32-26(19)28)27(35)31-21-8-5-9-22(14-21)33-12-13-34-18-30-16-23(34)17-33/h19-26,30,32H,2-18H2,1H3,(H,31,35)/t19?,21-,22-,23?,24?,25?,26?,28?/m1/s1. The molecule has 1 amide bonds. The maximum atomic E-state index is 15.8. The van der Waals surface area contributed by atoms with Crippen LogP contribution in [0.1, 0.15) is 84.0 Å². The number of nitrogens with zero attached hydrogens (tertiary/aromatic N) is 2. The zero-order valence-electron chi connectivity index (χ0n) is 21.8. The van der Waals surface area contributed by atoms with Crippen molar-refractivity contribution in [1.82, 2.24) is 25.8 Å². The second kappa shape index (κ2) is 10.2. The summed E-state index contributed by atoms with van der Waals surface area (Å²) in [7, 11) is 0. The molecule has 3 N–H and O–H groups in total. The summed E-state index contributed by atoms with van der Waals surface area (Å²) in [4.78, 5) is 18.9. The third-order valence-electron chi connectivity index (χ3n) is 11.1. The van der Waals surface area contributed by atoms with Crippen molar-refractivity contribution in [3.63, 3.8) is 0 Å². The zero-order chi connectivity index (χ0) is 24.0. The molecule has 3 saturated carbocycles. The summed E-state index contributed by atoms with van der Waals surface area (Å²) in [5.41, 5.74) is -0.329. The predicted octanol–water partition coefficient (Wildman–Crippen LogP) is 3.03. The molecule has 0 radical (unpaired) electrons. The maximum absolute atomic E-state index is 15.8. The lowest BCUT2D eigenvalue weighted by Gasteiger charge is -2.51. The molecule has 7 heteroatoms. The average Bonchev–Trinajstić information content (AvgIpc) is 3.53. The number of fused-ring (bicyclic) bond motifs is 2. The van der Waals surface area contributed by atoms with Gasteiger partial charge >= 0.3 is 0 Å². The molecule has 6 fully saturated rings. The minimum atomic E-state index is -0.764. The Hall–Kier alpha value is -0.760. The quantitative estimate of drug-likeness (QED) is 0.567. The van der Waals surface area contributed by atoms with Crippen LogP contribution in [0.25, 0.3) is 0 Å². The topological polar surface area (TPSA) is 59.6 Å². The number of carbonyl (C=O) groups excluding carboxylic acids is 1. The number of nitrogens with one attached hydrogen (secondary N) is 3. The summed E-state index contributed by atoms with van der Waals surface area (Å²) < 4.78 is 15.8. The molecule has 6 unspecified atom stereocenters. The first-order valence-corrected chi connectivity index (χ1v) is 14.9. The molecule has 6 rings (SSSR count). The molecule has 3 aliphatic heterocycles. The van der Waals surface area contributed by atoms with Gasteiger partial charge in [-0.3, -0.25) is 14.6 Å². The van der Waals surface area contributed by atoms with E-state index in [1.807, 2.05) is 0 Å². The van der Waals surface area contributed by atoms with E-state index in [4.69, 9.17) is 0 Å². The van der Waals surface area contributed by atoms with E-state index in [1.54, 1.807) is 0 Å². The molecule has 0 bridgehead atoms. The van der Waals surface area contributed by atoms with Crippen molar-refractivity contribution in [3.05, 3.63) is 0 Å². The monoisotopic (exact) mass is 489 g/mol. The van der Waals surface area contributed by atoms with E-state index < -0.39 is 6.17 Å². The van der Waals surface area contributed by atoms with Gasteiger partial charge in [-0.05, 0) is 69.6 Å². The summed E-state index contributed by atoms with van der Waals surface area (Å²) in [6, 6.07) is 1.42. The summed E-state index contributed by atoms with van der Waals surface area (Å²) in [6.07, 6.45) is 12.2. The number of alkyl halides is 1. The van der Waals surface area contributed by atoms with Crippen molar-refractivity contribution in [1.29, 1.82) is 0 Å². The van der Waals surface area contributed by atoms with Gasteiger partial charge in [-0.1, -0.05) is 26.2 Å². The van der Waals surface area contributed by atoms with Crippen LogP contribution in [0.15, 0.2) is 0 Å². The normalized spacial score (nSPS) is 45.7. The highest BCUT2D eigenvalue weighted by Gasteiger charge is 2.60. The molecule has 8 atom stereocenters. The third kappa shape index (κ3) is 4.57. The van der Waals surface area contributed by atoms with Crippen molar-refractivity contribution in [3.8, 4) is 0 Å². The number of hydrogen-bond acceptors (Lipinski definition) is 5. The first kappa shape index (κ1) is 24.6. The second-order valence-electron chi connectivity index (χ2n) is 13.0. The number of halogens is 1. The Morgan fingerprint density at radius 3 is 2.66 bits per heavy atom. The van der Waals surface area contributed by atoms with Gasteiger partial charge in [0.2, 0.25) is 5.91 Å². The van der Waals surface area contributed by atoms with Crippen LogP contribution in [0, 0.1) is 17.3 Å². The largest absolute Gasteiger partial charge is 0.352 e. The van der Waals surface area contributed by atoms with Gasteiger partial charge in [-0.15, -0.1) is 0 Å². The number of rotatable bonds is 4. The van der Waals surface area contributed by atoms with Gasteiger partial charge in [0.25, 0.3) is 0 Å². The van der Waals surface area contributed by atoms with Crippen molar-refractivity contribution >= 4 is 5.91 Å². The van der Waals surface area contributed by atoms with Crippen molar-refractivity contribution in [2.75, 3.05) is 32.8 Å². The Kier molecular flexibility index (Phi) is 7.15. The molecule has 6 nitrogen and oxygen atoms in total. The Bertz CT molecular complexity index is 762. The second-order valence-corrected chi connectivity index (χ2v) is 13.0. The van der Waals surface area contributed by atoms with Gasteiger partial charge < -0.3 is 16.0 Å². The zero-order valence-corrected chi connectivity index (χ0v) is 21.8. The molecule has 0 aromatic carbocycles. The molecule has 3 heterocycles. The fourth-order valence-corrected chi connectivity index (χ4v) is 9.21. The van der Waals surface area contributed by atoms with E-state index in [2.05, 4.69) is 32.7 Å². The van der Waals surface area contributed by atoms with Gasteiger partial charge in [0.15, 0.2) is 0 Å². The van der Waals surface area contributed by atoms with Crippen LogP contribution in [0.3, 0.4) is 0 Å². The van der Waals surface area contributed by atoms with E-state index in [9.17, 15) is 4.79 Å². The number of piperazine rings is 1. The summed E-state index contributed by atoms with van der Waals surface area (Å²) >= 11 is 0. The minimum absolute atomic E-state index is 0.143. The Morgan fingerprint density at radius 1 is 0.971 bits per heavy atom. The highest BCUT2D eigenvalue weighted by Crippen LogP contribution is 2.56. The lowest BCUT2D eigenvalue weighted by atomic mass is 9.56. The number of hydrogen-bond donors (Lipinski definition) is 3. The Balaban J connectivity index is 1.10. The van der Waals surface area contributed by atoms with E-state index in [-0.39, 0.29) is 29.4 Å². The molecule has 0 spiro atoms. The summed E-state index contributed by atoms with van der Waals surface area (Å²) in [5.74, 6) is 1.03. The smallest absolute Gasteiger partial charge is 0.237 e. The van der Waals surface area contributed by atoms with E-state index >= 15 is 4.39 Å². The Morgan fingerprint density at radius 2 is 1.80 bits per heavy atom. The first-order valence-electron chi connectivity index (χ1n) is 14.9. The minimum Gasteiger partial charge on any atom is -0.352 e. The SMILES string of the molecule is CC1CCC(F)C2(C3CCCCC3)CC(C(=O)N[C@@H]3CCC[C@@H](N4CCN5CNCC5C4)C3)NC12. The highest BCUT2D eigenvalue weighted by atomic mass is 19.1. The van der Waals surface area contributed by atoms with Crippen LogP contribution in [-0.2, 0) is 4.79 Å². The molecule has 35 heavy (non-hydrogen) atoms. The molecule has 3 aliphatic carbocycles. The van der Waals surface area contributed by atoms with Crippen molar-refractivity contribution in [2.45, 2.75) is 120 Å². The van der Waals surface area contributed by atoms with E-state index in [0.29, 0.717) is 36.8 Å². The average molecular weight is 490 g/mol. The highest BCUT2D eigenvalue weighted by molar-refractivity contribution is 5.82. The first-order chi connectivity index (χ1) is 17.0. The van der Waals surface area contributed by atoms with E-state index in [1.165, 1.54) is 32.1 Å². The van der Waals surface area contributed by atoms with Crippen LogP contribution in [-0.4, -0.2) is 84.9 Å². The number of amides is 1. The maximum Gasteiger partial charge on any atom is 0.237 e. The lowest BCUT2D eigenvalue weighted by molar-refractivity contribution is -0.124. The molecular weight excluding hydrogens is 441 g/mol. The van der Waals surface area contributed by atoms with Crippen LogP contribution >= 0.6 is 0 Å². The molecule has 0 aromatic heterocycles. The number of carbonyl (C=O) groups is 1. The van der Waals surface area contributed by atoms with Gasteiger partial charge in [0.05, 0.1) is 6.04 Å². The van der Waals surface area contributed by atoms with Crippen LogP contribution in [0.4, 0.5) is 4.39 Å². The fraction of sp³-hybridized carbons (Fsp3) is 0.964. The molecule has 0 aromatic rings. The molecular formula is C28H48FN5O. The van der Waals surface area contributed by atoms with E-state index in [0.717, 1.165) is 65.0 Å². The van der Waals surface area contributed by atoms with Crippen molar-refractivity contribution in [2.24, 2.45) is 17.3 Å². The summed E-state index contributed by atoms with van der Waals surface area (Å²) in [6.45, 7) is 7.89. The third-order valence-corrected chi connectivity index (χ3v) is 11.1. The summed E-state index contributed by atoms with van der Waals surface area (Å²) in [5, 5.41) is 10.7. The van der Waals surface area contributed by atoms with Gasteiger partial charge in [0, 0.05) is 62.4 Å². The van der Waals surface area contributed by atoms with Crippen LogP contribution in [0.5, 0.6) is 0 Å². The molecule has 6 aliphatic rings. The molecule has 198 valence electrons. The van der Waals surface area contributed by atoms with Crippen LogP contribution < -0.4 is 16.0 Å². The van der Waals surface area contributed by atoms with Gasteiger partial charge in [-0.2, -0.15) is 0 Å². The predicted molar refractivity (Wildman–Crippen MR) is 137 cm³/mol. The Labute approximate surface area is 211 Å². The fourth-order valence-electron chi connectivity index (χ4n) is 9.21. The van der Waals surface area contributed by atoms with Crippen LogP contribution in [0.2, 0.25) is 0 Å². The van der Waals surface area contributed by atoms with Gasteiger partial charge in [-0.25, -0.2) is 4.39 Å². The lowest BCUT2D eigenvalue weighted by Crippen LogP contribution is -2.57. The van der Waals surface area contributed by atoms with Gasteiger partial charge in [0.1, 0.15) is 6.17 Å². The van der Waals surface area contributed by atoms with Crippen molar-refractivity contribution < 1.29 is 9.18 Å². The molecule has 3 saturated heterocycles.